The van der Waals surface area contributed by atoms with E-state index >= 15 is 0 Å². The van der Waals surface area contributed by atoms with Gasteiger partial charge in [0.2, 0.25) is 17.7 Å². The number of fused-ring (bicyclic) bond motifs is 4. The highest BCUT2D eigenvalue weighted by Gasteiger charge is 2.60. The van der Waals surface area contributed by atoms with Gasteiger partial charge in [0.25, 0.3) is 0 Å². The largest absolute Gasteiger partial charge is 0.422 e. The van der Waals surface area contributed by atoms with E-state index < -0.39 is 5.41 Å². The number of para-hydroxylation sites is 2. The number of carbonyl (C=O) groups excluding carboxylic acids is 1. The van der Waals surface area contributed by atoms with Crippen LogP contribution in [0.4, 0.5) is 5.69 Å². The van der Waals surface area contributed by atoms with E-state index in [2.05, 4.69) is 13.0 Å². The number of aryl methyl sites for hydroxylation is 1. The van der Waals surface area contributed by atoms with Crippen molar-refractivity contribution in [1.82, 2.24) is 9.78 Å². The first kappa shape index (κ1) is 19.9. The van der Waals surface area contributed by atoms with Gasteiger partial charge in [0, 0.05) is 17.8 Å². The summed E-state index contributed by atoms with van der Waals surface area (Å²) in [5.74, 6) is 0.107. The lowest BCUT2D eigenvalue weighted by Crippen LogP contribution is -2.46. The molecule has 1 atom stereocenters. The third-order valence-corrected chi connectivity index (χ3v) is 6.23. The number of ether oxygens (including phenoxy) is 1. The molecule has 1 spiro atoms. The summed E-state index contributed by atoms with van der Waals surface area (Å²) in [6.45, 7) is 4.49. The van der Waals surface area contributed by atoms with Crippen molar-refractivity contribution in [1.29, 1.82) is 5.26 Å². The molecule has 0 saturated carbocycles. The molecule has 0 fully saturated rings. The Morgan fingerprint density at radius 2 is 1.88 bits per heavy atom. The maximum atomic E-state index is 14.2. The van der Waals surface area contributed by atoms with Crippen molar-refractivity contribution >= 4 is 11.6 Å². The number of hydrogen-bond donors (Lipinski definition) is 1. The molecular formula is C25H23N5O2. The van der Waals surface area contributed by atoms with Gasteiger partial charge in [-0.3, -0.25) is 4.79 Å². The second-order valence-corrected chi connectivity index (χ2v) is 8.04. The van der Waals surface area contributed by atoms with Crippen LogP contribution in [0.2, 0.25) is 0 Å². The van der Waals surface area contributed by atoms with Crippen LogP contribution in [0.15, 0.2) is 66.1 Å². The van der Waals surface area contributed by atoms with Gasteiger partial charge in [0.15, 0.2) is 0 Å². The van der Waals surface area contributed by atoms with Crippen LogP contribution >= 0.6 is 0 Å². The molecule has 1 aromatic heterocycles. The molecule has 2 aliphatic rings. The quantitative estimate of drug-likeness (QED) is 0.687. The highest BCUT2D eigenvalue weighted by Crippen LogP contribution is 2.56. The maximum absolute atomic E-state index is 14.2. The first-order valence-electron chi connectivity index (χ1n) is 10.7. The zero-order chi connectivity index (χ0) is 22.5. The second-order valence-electron chi connectivity index (χ2n) is 8.04. The average molecular weight is 425 g/mol. The number of carbonyl (C=O) groups is 1. The van der Waals surface area contributed by atoms with E-state index in [1.165, 1.54) is 0 Å². The number of hydrogen-bond acceptors (Lipinski definition) is 5. The fourth-order valence-corrected chi connectivity index (χ4v) is 4.85. The highest BCUT2D eigenvalue weighted by atomic mass is 16.5. The molecule has 32 heavy (non-hydrogen) atoms. The fraction of sp³-hybridized carbons (Fsp3) is 0.240. The molecule has 0 radical (unpaired) electrons. The normalized spacial score (nSPS) is 19.0. The molecule has 2 aliphatic heterocycles. The van der Waals surface area contributed by atoms with Crippen LogP contribution in [0.1, 0.15) is 36.6 Å². The number of nitrogens with zero attached hydrogens (tertiary/aromatic N) is 4. The summed E-state index contributed by atoms with van der Waals surface area (Å²) in [7, 11) is 0. The lowest BCUT2D eigenvalue weighted by molar-refractivity contribution is -0.121. The molecule has 3 heterocycles. The zero-order valence-corrected chi connectivity index (χ0v) is 18.0. The summed E-state index contributed by atoms with van der Waals surface area (Å²) < 4.78 is 7.62. The van der Waals surface area contributed by atoms with Crippen LogP contribution in [0.3, 0.4) is 0 Å². The molecule has 3 aromatic rings. The van der Waals surface area contributed by atoms with Crippen molar-refractivity contribution in [3.63, 3.8) is 0 Å². The lowest BCUT2D eigenvalue weighted by Gasteiger charge is -2.33. The zero-order valence-electron chi connectivity index (χ0n) is 18.0. The van der Waals surface area contributed by atoms with Crippen LogP contribution < -0.4 is 15.4 Å². The predicted octanol–water partition coefficient (Wildman–Crippen LogP) is 3.70. The molecule has 2 aromatic carbocycles. The second kappa shape index (κ2) is 7.27. The Morgan fingerprint density at radius 1 is 1.16 bits per heavy atom. The van der Waals surface area contributed by atoms with Crippen molar-refractivity contribution < 1.29 is 9.53 Å². The third-order valence-electron chi connectivity index (χ3n) is 6.23. The van der Waals surface area contributed by atoms with Gasteiger partial charge < -0.3 is 15.4 Å². The number of anilines is 1. The summed E-state index contributed by atoms with van der Waals surface area (Å²) in [5, 5.41) is 14.9. The standard InChI is InChI=1S/C25H23N5O2/c1-3-4-14-29-20-13-9-8-12-18(20)25(24(29)31)19(15-26)22(27)32-23-21(25)16(2)28-30(23)17-10-6-5-7-11-17/h5-13H,3-4,14,27H2,1-2H3/t25-/m1/s1. The van der Waals surface area contributed by atoms with Crippen molar-refractivity contribution in [3.8, 4) is 17.6 Å². The SMILES string of the molecule is CCCCN1C(=O)[C@@]2(C(C#N)=C(N)Oc3c2c(C)nn3-c2ccccc2)c2ccccc21. The Hall–Kier alpha value is -4.05. The van der Waals surface area contributed by atoms with E-state index in [0.717, 1.165) is 29.8 Å². The Bertz CT molecular complexity index is 1300. The fourth-order valence-electron chi connectivity index (χ4n) is 4.85. The first-order chi connectivity index (χ1) is 15.6. The summed E-state index contributed by atoms with van der Waals surface area (Å²) in [4.78, 5) is 16.0. The Labute approximate surface area is 186 Å². The number of aromatic nitrogens is 2. The smallest absolute Gasteiger partial charge is 0.247 e. The van der Waals surface area contributed by atoms with Gasteiger partial charge >= 0.3 is 0 Å². The summed E-state index contributed by atoms with van der Waals surface area (Å²) >= 11 is 0. The molecule has 7 heteroatoms. The molecule has 5 rings (SSSR count). The van der Waals surface area contributed by atoms with E-state index in [1.807, 2.05) is 61.5 Å². The lowest BCUT2D eigenvalue weighted by atomic mass is 9.69. The van der Waals surface area contributed by atoms with Gasteiger partial charge in [-0.05, 0) is 31.5 Å². The third kappa shape index (κ3) is 2.47. The summed E-state index contributed by atoms with van der Waals surface area (Å²) in [6.07, 6.45) is 1.80. The maximum Gasteiger partial charge on any atom is 0.247 e. The van der Waals surface area contributed by atoms with Crippen LogP contribution in [0.5, 0.6) is 5.88 Å². The van der Waals surface area contributed by atoms with Crippen LogP contribution in [-0.4, -0.2) is 22.2 Å². The van der Waals surface area contributed by atoms with Gasteiger partial charge in [-0.2, -0.15) is 10.4 Å². The average Bonchev–Trinajstić information content (AvgIpc) is 3.26. The molecular weight excluding hydrogens is 402 g/mol. The molecule has 0 bridgehead atoms. The van der Waals surface area contributed by atoms with E-state index in [-0.39, 0.29) is 17.4 Å². The minimum absolute atomic E-state index is 0.0717. The van der Waals surface area contributed by atoms with Crippen molar-refractivity contribution in [2.75, 3.05) is 11.4 Å². The van der Waals surface area contributed by atoms with Crippen LogP contribution in [0.25, 0.3) is 5.69 Å². The minimum Gasteiger partial charge on any atom is -0.422 e. The monoisotopic (exact) mass is 425 g/mol. The van der Waals surface area contributed by atoms with E-state index in [4.69, 9.17) is 15.6 Å². The molecule has 0 unspecified atom stereocenters. The minimum atomic E-state index is -1.38. The van der Waals surface area contributed by atoms with Gasteiger partial charge in [0.1, 0.15) is 17.1 Å². The molecule has 1 amide bonds. The van der Waals surface area contributed by atoms with E-state index in [9.17, 15) is 10.1 Å². The molecule has 0 saturated heterocycles. The molecule has 0 aliphatic carbocycles. The number of unbranched alkanes of at least 4 members (excludes halogenated alkanes) is 1. The molecule has 7 nitrogen and oxygen atoms in total. The summed E-state index contributed by atoms with van der Waals surface area (Å²) in [5.41, 5.74) is 8.53. The first-order valence-corrected chi connectivity index (χ1v) is 10.7. The number of nitrogens with two attached hydrogens (primary N) is 1. The van der Waals surface area contributed by atoms with Gasteiger partial charge in [-0.25, -0.2) is 4.68 Å². The Morgan fingerprint density at radius 3 is 2.59 bits per heavy atom. The Balaban J connectivity index is 1.85. The van der Waals surface area contributed by atoms with E-state index in [0.29, 0.717) is 23.7 Å². The van der Waals surface area contributed by atoms with Gasteiger partial charge in [0.05, 0.1) is 16.9 Å². The van der Waals surface area contributed by atoms with E-state index in [1.54, 1.807) is 9.58 Å². The van der Waals surface area contributed by atoms with Crippen molar-refractivity contribution in [3.05, 3.63) is 82.9 Å². The van der Waals surface area contributed by atoms with Crippen molar-refractivity contribution in [2.45, 2.75) is 32.1 Å². The topological polar surface area (TPSA) is 97.2 Å². The predicted molar refractivity (Wildman–Crippen MR) is 120 cm³/mol. The number of nitriles is 1. The van der Waals surface area contributed by atoms with Gasteiger partial charge in [-0.15, -0.1) is 0 Å². The van der Waals surface area contributed by atoms with Gasteiger partial charge in [-0.1, -0.05) is 49.7 Å². The highest BCUT2D eigenvalue weighted by molar-refractivity contribution is 6.14. The van der Waals surface area contributed by atoms with Crippen LogP contribution in [-0.2, 0) is 10.2 Å². The number of rotatable bonds is 4. The van der Waals surface area contributed by atoms with Crippen LogP contribution in [0, 0.1) is 18.3 Å². The van der Waals surface area contributed by atoms with Crippen molar-refractivity contribution in [2.24, 2.45) is 5.73 Å². The summed E-state index contributed by atoms with van der Waals surface area (Å²) in [6, 6.07) is 19.3. The number of benzene rings is 2. The number of amides is 1. The Kier molecular flexibility index (Phi) is 4.52. The molecule has 160 valence electrons. The molecule has 2 N–H and O–H groups in total.